The van der Waals surface area contributed by atoms with Crippen molar-refractivity contribution >= 4 is 11.8 Å². The highest BCUT2D eigenvalue weighted by Crippen LogP contribution is 2.27. The lowest BCUT2D eigenvalue weighted by Crippen LogP contribution is -2.44. The molecule has 142 valence electrons. The highest BCUT2D eigenvalue weighted by Gasteiger charge is 2.34. The van der Waals surface area contributed by atoms with E-state index in [0.717, 1.165) is 37.9 Å². The van der Waals surface area contributed by atoms with Gasteiger partial charge in [-0.2, -0.15) is 0 Å². The van der Waals surface area contributed by atoms with Gasteiger partial charge in [-0.05, 0) is 44.0 Å². The van der Waals surface area contributed by atoms with Gasteiger partial charge >= 0.3 is 0 Å². The number of likely N-dealkylation sites (tertiary alicyclic amines) is 1. The maximum atomic E-state index is 13.4. The smallest absolute Gasteiger partial charge is 0.248 e. The Hall–Kier alpha value is -1.99. The van der Waals surface area contributed by atoms with Gasteiger partial charge in [-0.1, -0.05) is 6.07 Å². The van der Waals surface area contributed by atoms with E-state index < -0.39 is 0 Å². The first-order valence-electron chi connectivity index (χ1n) is 9.40. The first-order chi connectivity index (χ1) is 12.7. The van der Waals surface area contributed by atoms with Gasteiger partial charge in [-0.3, -0.25) is 19.5 Å². The second kappa shape index (κ2) is 9.09. The maximum absolute atomic E-state index is 13.4. The Morgan fingerprint density at radius 1 is 1.08 bits per heavy atom. The molecule has 0 bridgehead atoms. The Labute approximate surface area is 154 Å². The summed E-state index contributed by atoms with van der Waals surface area (Å²) in [6, 6.07) is 3.60. The molecule has 1 aromatic heterocycles. The van der Waals surface area contributed by atoms with Crippen molar-refractivity contribution in [2.24, 2.45) is 0 Å². The number of carbonyl (C=O) groups excluding carboxylic acids is 2. The molecule has 1 aromatic rings. The molecule has 2 aliphatic heterocycles. The van der Waals surface area contributed by atoms with Crippen LogP contribution in [0.1, 0.15) is 30.9 Å². The molecule has 2 aliphatic rings. The number of pyridine rings is 1. The third-order valence-electron chi connectivity index (χ3n) is 5.17. The van der Waals surface area contributed by atoms with Crippen molar-refractivity contribution in [1.82, 2.24) is 19.7 Å². The summed E-state index contributed by atoms with van der Waals surface area (Å²) in [5.41, 5.74) is 0.955. The fourth-order valence-corrected chi connectivity index (χ4v) is 3.82. The van der Waals surface area contributed by atoms with Crippen LogP contribution in [0, 0.1) is 0 Å². The standard InChI is InChI=1S/C19H28N4O3/c1-26-15-17(24)21-10-5-11-23(13-12-21)19(25)18(22-8-2-3-9-22)16-6-4-7-20-14-16/h4,6-7,14,18H,2-3,5,8-13,15H2,1H3/t18-/m0/s1. The molecule has 2 amide bonds. The Morgan fingerprint density at radius 2 is 1.81 bits per heavy atom. The number of ether oxygens (including phenoxy) is 1. The molecule has 0 N–H and O–H groups in total. The van der Waals surface area contributed by atoms with E-state index in [-0.39, 0.29) is 24.5 Å². The fraction of sp³-hybridized carbons (Fsp3) is 0.632. The third kappa shape index (κ3) is 4.40. The number of hydrogen-bond donors (Lipinski definition) is 0. The minimum atomic E-state index is -0.271. The molecule has 0 unspecified atom stereocenters. The van der Waals surface area contributed by atoms with Gasteiger partial charge in [0.25, 0.3) is 0 Å². The lowest BCUT2D eigenvalue weighted by molar-refractivity contribution is -0.138. The molecule has 0 radical (unpaired) electrons. The second-order valence-electron chi connectivity index (χ2n) is 6.92. The number of carbonyl (C=O) groups is 2. The van der Waals surface area contributed by atoms with Gasteiger partial charge in [0.2, 0.25) is 11.8 Å². The number of hydrogen-bond acceptors (Lipinski definition) is 5. The summed E-state index contributed by atoms with van der Waals surface area (Å²) < 4.78 is 4.95. The summed E-state index contributed by atoms with van der Waals surface area (Å²) in [4.78, 5) is 35.6. The van der Waals surface area contributed by atoms with Crippen molar-refractivity contribution in [2.45, 2.75) is 25.3 Å². The van der Waals surface area contributed by atoms with Crippen molar-refractivity contribution in [3.05, 3.63) is 30.1 Å². The normalized spacial score (nSPS) is 20.0. The van der Waals surface area contributed by atoms with Crippen LogP contribution in [-0.2, 0) is 14.3 Å². The van der Waals surface area contributed by atoms with Crippen molar-refractivity contribution < 1.29 is 14.3 Å². The van der Waals surface area contributed by atoms with Crippen molar-refractivity contribution in [2.75, 3.05) is 53.0 Å². The zero-order chi connectivity index (χ0) is 18.4. The van der Waals surface area contributed by atoms with Gasteiger partial charge < -0.3 is 14.5 Å². The summed E-state index contributed by atoms with van der Waals surface area (Å²) in [5.74, 6) is 0.117. The van der Waals surface area contributed by atoms with E-state index in [9.17, 15) is 9.59 Å². The van der Waals surface area contributed by atoms with Crippen LogP contribution in [0.2, 0.25) is 0 Å². The van der Waals surface area contributed by atoms with Gasteiger partial charge in [0.05, 0.1) is 0 Å². The average Bonchev–Trinajstić information content (AvgIpc) is 3.06. The SMILES string of the molecule is COCC(=O)N1CCCN(C(=O)[C@H](c2cccnc2)N2CCCC2)CC1. The van der Waals surface area contributed by atoms with Crippen molar-refractivity contribution in [1.29, 1.82) is 0 Å². The largest absolute Gasteiger partial charge is 0.375 e. The predicted octanol–water partition coefficient (Wildman–Crippen LogP) is 0.926. The summed E-state index contributed by atoms with van der Waals surface area (Å²) in [7, 11) is 1.53. The van der Waals surface area contributed by atoms with Crippen molar-refractivity contribution in [3.8, 4) is 0 Å². The quantitative estimate of drug-likeness (QED) is 0.781. The molecular formula is C19H28N4O3. The van der Waals surface area contributed by atoms with E-state index in [2.05, 4.69) is 9.88 Å². The number of amides is 2. The van der Waals surface area contributed by atoms with Gasteiger partial charge in [0.1, 0.15) is 12.6 Å². The number of methoxy groups -OCH3 is 1. The summed E-state index contributed by atoms with van der Waals surface area (Å²) in [5, 5.41) is 0. The lowest BCUT2D eigenvalue weighted by atomic mass is 10.1. The molecule has 7 nitrogen and oxygen atoms in total. The molecule has 0 aromatic carbocycles. The molecule has 2 fully saturated rings. The predicted molar refractivity (Wildman–Crippen MR) is 97.4 cm³/mol. The monoisotopic (exact) mass is 360 g/mol. The molecule has 3 heterocycles. The first-order valence-corrected chi connectivity index (χ1v) is 9.40. The molecule has 0 spiro atoms. The van der Waals surface area contributed by atoms with Gasteiger partial charge in [-0.25, -0.2) is 0 Å². The van der Waals surface area contributed by atoms with Crippen LogP contribution in [0.3, 0.4) is 0 Å². The molecular weight excluding hydrogens is 332 g/mol. The minimum Gasteiger partial charge on any atom is -0.375 e. The van der Waals surface area contributed by atoms with Crippen LogP contribution < -0.4 is 0 Å². The van der Waals surface area contributed by atoms with E-state index in [0.29, 0.717) is 26.2 Å². The maximum Gasteiger partial charge on any atom is 0.248 e. The zero-order valence-corrected chi connectivity index (χ0v) is 15.5. The van der Waals surface area contributed by atoms with E-state index >= 15 is 0 Å². The van der Waals surface area contributed by atoms with Gasteiger partial charge in [-0.15, -0.1) is 0 Å². The fourth-order valence-electron chi connectivity index (χ4n) is 3.82. The highest BCUT2D eigenvalue weighted by molar-refractivity contribution is 5.83. The van der Waals surface area contributed by atoms with Gasteiger partial charge in [0, 0.05) is 45.7 Å². The molecule has 0 aliphatic carbocycles. The number of nitrogens with zero attached hydrogens (tertiary/aromatic N) is 4. The zero-order valence-electron chi connectivity index (χ0n) is 15.5. The molecule has 1 atom stereocenters. The van der Waals surface area contributed by atoms with Gasteiger partial charge in [0.15, 0.2) is 0 Å². The lowest BCUT2D eigenvalue weighted by Gasteiger charge is -2.32. The Morgan fingerprint density at radius 3 is 2.50 bits per heavy atom. The third-order valence-corrected chi connectivity index (χ3v) is 5.17. The molecule has 3 rings (SSSR count). The Balaban J connectivity index is 1.71. The van der Waals surface area contributed by atoms with Crippen LogP contribution in [0.5, 0.6) is 0 Å². The molecule has 2 saturated heterocycles. The van der Waals surface area contributed by atoms with Crippen LogP contribution in [-0.4, -0.2) is 84.5 Å². The van der Waals surface area contributed by atoms with E-state index in [1.54, 1.807) is 17.3 Å². The van der Waals surface area contributed by atoms with E-state index in [1.807, 2.05) is 17.0 Å². The summed E-state index contributed by atoms with van der Waals surface area (Å²) >= 11 is 0. The van der Waals surface area contributed by atoms with Crippen LogP contribution in [0.15, 0.2) is 24.5 Å². The molecule has 7 heteroatoms. The average molecular weight is 360 g/mol. The van der Waals surface area contributed by atoms with Crippen LogP contribution in [0.25, 0.3) is 0 Å². The molecule has 0 saturated carbocycles. The van der Waals surface area contributed by atoms with Crippen LogP contribution in [0.4, 0.5) is 0 Å². The minimum absolute atomic E-state index is 0.00912. The second-order valence-corrected chi connectivity index (χ2v) is 6.92. The highest BCUT2D eigenvalue weighted by atomic mass is 16.5. The van der Waals surface area contributed by atoms with Crippen LogP contribution >= 0.6 is 0 Å². The first kappa shape index (κ1) is 18.8. The molecule has 26 heavy (non-hydrogen) atoms. The van der Waals surface area contributed by atoms with E-state index in [4.69, 9.17) is 4.74 Å². The Bertz CT molecular complexity index is 604. The number of rotatable bonds is 5. The van der Waals surface area contributed by atoms with E-state index in [1.165, 1.54) is 7.11 Å². The topological polar surface area (TPSA) is 66.0 Å². The Kier molecular flexibility index (Phi) is 6.57. The number of aromatic nitrogens is 1. The summed E-state index contributed by atoms with van der Waals surface area (Å²) in [6.45, 7) is 4.47. The van der Waals surface area contributed by atoms with Crippen molar-refractivity contribution in [3.63, 3.8) is 0 Å². The summed E-state index contributed by atoms with van der Waals surface area (Å²) in [6.07, 6.45) is 6.58.